The Kier molecular flexibility index (Phi) is 3.10. The smallest absolute Gasteiger partial charge is 0.240 e. The summed E-state index contributed by atoms with van der Waals surface area (Å²) < 4.78 is 5.04. The van der Waals surface area contributed by atoms with Gasteiger partial charge in [-0.3, -0.25) is 0 Å². The molecule has 1 aromatic carbocycles. The Morgan fingerprint density at radius 1 is 1.35 bits per heavy atom. The third kappa shape index (κ3) is 2.29. The quantitative estimate of drug-likeness (QED) is 0.870. The molecular formula is C12H16N4O. The van der Waals surface area contributed by atoms with Crippen LogP contribution < -0.4 is 10.6 Å². The molecule has 90 valence electrons. The average Bonchev–Trinajstić information content (AvgIpc) is 2.76. The van der Waals surface area contributed by atoms with Crippen LogP contribution >= 0.6 is 0 Å². The van der Waals surface area contributed by atoms with Gasteiger partial charge in [0.25, 0.3) is 0 Å². The molecule has 0 bridgehead atoms. The fraction of sp³-hybridized carbons (Fsp3) is 0.333. The highest BCUT2D eigenvalue weighted by molar-refractivity contribution is 5.74. The fourth-order valence-electron chi connectivity index (χ4n) is 1.67. The Bertz CT molecular complexity index is 519. The number of anilines is 1. The van der Waals surface area contributed by atoms with E-state index in [9.17, 15) is 0 Å². The van der Waals surface area contributed by atoms with Gasteiger partial charge >= 0.3 is 0 Å². The predicted octanol–water partition coefficient (Wildman–Crippen LogP) is 1.57. The van der Waals surface area contributed by atoms with Crippen LogP contribution in [0.5, 0.6) is 0 Å². The lowest BCUT2D eigenvalue weighted by Crippen LogP contribution is -2.10. The van der Waals surface area contributed by atoms with Crippen LogP contribution in [0.4, 0.5) is 5.69 Å². The third-order valence-corrected chi connectivity index (χ3v) is 2.52. The van der Waals surface area contributed by atoms with E-state index in [-0.39, 0.29) is 6.54 Å². The lowest BCUT2D eigenvalue weighted by Gasteiger charge is -2.16. The Balaban J connectivity index is 2.52. The molecule has 0 atom stereocenters. The first-order valence-electron chi connectivity index (χ1n) is 5.43. The van der Waals surface area contributed by atoms with E-state index in [0.717, 1.165) is 16.8 Å². The molecular weight excluding hydrogens is 216 g/mol. The average molecular weight is 232 g/mol. The largest absolute Gasteiger partial charge is 0.377 e. The van der Waals surface area contributed by atoms with Crippen LogP contribution in [0.1, 0.15) is 11.5 Å². The van der Waals surface area contributed by atoms with Crippen molar-refractivity contribution in [2.75, 3.05) is 19.0 Å². The fourth-order valence-corrected chi connectivity index (χ4v) is 1.67. The van der Waals surface area contributed by atoms with Crippen LogP contribution in [0.25, 0.3) is 11.4 Å². The summed E-state index contributed by atoms with van der Waals surface area (Å²) in [4.78, 5) is 6.27. The van der Waals surface area contributed by atoms with Gasteiger partial charge in [-0.25, -0.2) is 0 Å². The molecule has 0 saturated carbocycles. The van der Waals surface area contributed by atoms with E-state index in [1.165, 1.54) is 0 Å². The predicted molar refractivity (Wildman–Crippen MR) is 66.7 cm³/mol. The van der Waals surface area contributed by atoms with E-state index in [0.29, 0.717) is 11.7 Å². The number of aromatic nitrogens is 2. The number of nitrogens with zero attached hydrogens (tertiary/aromatic N) is 3. The van der Waals surface area contributed by atoms with Gasteiger partial charge in [0, 0.05) is 25.3 Å². The van der Waals surface area contributed by atoms with Crippen molar-refractivity contribution in [3.8, 4) is 11.4 Å². The van der Waals surface area contributed by atoms with E-state index in [1.807, 2.05) is 38.1 Å². The maximum atomic E-state index is 5.46. The zero-order valence-electron chi connectivity index (χ0n) is 10.3. The van der Waals surface area contributed by atoms with E-state index in [2.05, 4.69) is 16.2 Å². The molecule has 0 spiro atoms. The SMILES string of the molecule is Cc1ccc(N(C)C)c(-c2noc(CN)n2)c1. The minimum atomic E-state index is 0.260. The van der Waals surface area contributed by atoms with Crippen molar-refractivity contribution in [3.05, 3.63) is 29.7 Å². The number of aryl methyl sites for hydroxylation is 1. The highest BCUT2D eigenvalue weighted by Gasteiger charge is 2.13. The van der Waals surface area contributed by atoms with Crippen LogP contribution in [0.3, 0.4) is 0 Å². The summed E-state index contributed by atoms with van der Waals surface area (Å²) in [6.07, 6.45) is 0. The molecule has 0 aliphatic rings. The molecule has 2 rings (SSSR count). The highest BCUT2D eigenvalue weighted by Crippen LogP contribution is 2.28. The standard InChI is InChI=1S/C12H16N4O/c1-8-4-5-10(16(2)3)9(6-8)12-14-11(7-13)17-15-12/h4-6H,7,13H2,1-3H3. The first-order valence-corrected chi connectivity index (χ1v) is 5.43. The van der Waals surface area contributed by atoms with Gasteiger partial charge in [0.05, 0.1) is 6.54 Å². The summed E-state index contributed by atoms with van der Waals surface area (Å²) in [5, 5.41) is 3.95. The van der Waals surface area contributed by atoms with Crippen LogP contribution in [0.2, 0.25) is 0 Å². The van der Waals surface area contributed by atoms with Crippen molar-refractivity contribution < 1.29 is 4.52 Å². The highest BCUT2D eigenvalue weighted by atomic mass is 16.5. The molecule has 5 nitrogen and oxygen atoms in total. The van der Waals surface area contributed by atoms with Crippen molar-refractivity contribution in [1.29, 1.82) is 0 Å². The Morgan fingerprint density at radius 2 is 2.12 bits per heavy atom. The summed E-state index contributed by atoms with van der Waals surface area (Å²) in [7, 11) is 3.97. The molecule has 0 amide bonds. The molecule has 0 aliphatic carbocycles. The molecule has 1 aromatic heterocycles. The zero-order valence-corrected chi connectivity index (χ0v) is 10.3. The van der Waals surface area contributed by atoms with Crippen molar-refractivity contribution >= 4 is 5.69 Å². The first kappa shape index (κ1) is 11.6. The lowest BCUT2D eigenvalue weighted by molar-refractivity contribution is 0.380. The number of hydrogen-bond acceptors (Lipinski definition) is 5. The maximum absolute atomic E-state index is 5.46. The van der Waals surface area contributed by atoms with E-state index < -0.39 is 0 Å². The number of nitrogens with two attached hydrogens (primary N) is 1. The molecule has 1 heterocycles. The molecule has 0 unspecified atom stereocenters. The molecule has 0 aliphatic heterocycles. The second-order valence-corrected chi connectivity index (χ2v) is 4.13. The number of hydrogen-bond donors (Lipinski definition) is 1. The van der Waals surface area contributed by atoms with Crippen molar-refractivity contribution in [2.45, 2.75) is 13.5 Å². The van der Waals surface area contributed by atoms with Crippen LogP contribution in [-0.2, 0) is 6.54 Å². The maximum Gasteiger partial charge on any atom is 0.240 e. The van der Waals surface area contributed by atoms with Gasteiger partial charge in [0.2, 0.25) is 11.7 Å². The molecule has 0 fully saturated rings. The van der Waals surface area contributed by atoms with Gasteiger partial charge in [0.15, 0.2) is 0 Å². The number of benzene rings is 1. The topological polar surface area (TPSA) is 68.2 Å². The monoisotopic (exact) mass is 232 g/mol. The summed E-state index contributed by atoms with van der Waals surface area (Å²) in [6.45, 7) is 2.29. The zero-order chi connectivity index (χ0) is 12.4. The minimum Gasteiger partial charge on any atom is -0.377 e. The van der Waals surface area contributed by atoms with Gasteiger partial charge in [-0.05, 0) is 19.1 Å². The van der Waals surface area contributed by atoms with Crippen LogP contribution in [-0.4, -0.2) is 24.2 Å². The van der Waals surface area contributed by atoms with Crippen LogP contribution in [0.15, 0.2) is 22.7 Å². The lowest BCUT2D eigenvalue weighted by atomic mass is 10.1. The molecule has 0 radical (unpaired) electrons. The van der Waals surface area contributed by atoms with Gasteiger partial charge in [-0.15, -0.1) is 0 Å². The normalized spacial score (nSPS) is 10.6. The first-order chi connectivity index (χ1) is 8.11. The van der Waals surface area contributed by atoms with Gasteiger partial charge in [-0.1, -0.05) is 16.8 Å². The minimum absolute atomic E-state index is 0.260. The van der Waals surface area contributed by atoms with Gasteiger partial charge in [0.1, 0.15) is 0 Å². The molecule has 17 heavy (non-hydrogen) atoms. The second kappa shape index (κ2) is 4.55. The molecule has 5 heteroatoms. The van der Waals surface area contributed by atoms with E-state index in [1.54, 1.807) is 0 Å². The third-order valence-electron chi connectivity index (χ3n) is 2.52. The Morgan fingerprint density at radius 3 is 2.71 bits per heavy atom. The van der Waals surface area contributed by atoms with Gasteiger partial charge < -0.3 is 15.2 Å². The Hall–Kier alpha value is -1.88. The Labute approximate surface area is 100 Å². The second-order valence-electron chi connectivity index (χ2n) is 4.13. The summed E-state index contributed by atoms with van der Waals surface area (Å²) >= 11 is 0. The molecule has 0 saturated heterocycles. The summed E-state index contributed by atoms with van der Waals surface area (Å²) in [5.74, 6) is 1.03. The van der Waals surface area contributed by atoms with Crippen molar-refractivity contribution in [3.63, 3.8) is 0 Å². The molecule has 2 N–H and O–H groups in total. The van der Waals surface area contributed by atoms with E-state index in [4.69, 9.17) is 10.3 Å². The van der Waals surface area contributed by atoms with Crippen molar-refractivity contribution in [1.82, 2.24) is 10.1 Å². The summed E-state index contributed by atoms with van der Waals surface area (Å²) in [6, 6.07) is 6.15. The van der Waals surface area contributed by atoms with Crippen molar-refractivity contribution in [2.24, 2.45) is 5.73 Å². The van der Waals surface area contributed by atoms with Crippen LogP contribution in [0, 0.1) is 6.92 Å². The molecule has 2 aromatic rings. The van der Waals surface area contributed by atoms with Gasteiger partial charge in [-0.2, -0.15) is 4.98 Å². The number of rotatable bonds is 3. The summed E-state index contributed by atoms with van der Waals surface area (Å²) in [5.41, 5.74) is 8.63. The van der Waals surface area contributed by atoms with E-state index >= 15 is 0 Å².